The molecule has 82 valence electrons. The van der Waals surface area contributed by atoms with Crippen LogP contribution in [0.1, 0.15) is 31.4 Å². The summed E-state index contributed by atoms with van der Waals surface area (Å²) in [5, 5.41) is 0. The maximum atomic E-state index is 13.8. The van der Waals surface area contributed by atoms with E-state index in [9.17, 15) is 4.39 Å². The first kappa shape index (κ1) is 10.4. The summed E-state index contributed by atoms with van der Waals surface area (Å²) < 4.78 is 13.8. The first-order valence-corrected chi connectivity index (χ1v) is 5.49. The van der Waals surface area contributed by atoms with E-state index in [0.717, 1.165) is 31.5 Å². The average molecular weight is 208 g/mol. The van der Waals surface area contributed by atoms with Gasteiger partial charge in [-0.1, -0.05) is 12.1 Å². The Hall–Kier alpha value is -1.09. The number of hydrogen-bond acceptors (Lipinski definition) is 2. The third-order valence-corrected chi connectivity index (χ3v) is 2.93. The number of nitrogens with two attached hydrogens (primary N) is 1. The highest BCUT2D eigenvalue weighted by Gasteiger charge is 2.20. The lowest BCUT2D eigenvalue weighted by Gasteiger charge is -2.23. The number of anilines is 1. The van der Waals surface area contributed by atoms with Crippen LogP contribution < -0.4 is 10.6 Å². The van der Waals surface area contributed by atoms with Crippen molar-refractivity contribution in [2.75, 3.05) is 18.0 Å². The topological polar surface area (TPSA) is 29.3 Å². The van der Waals surface area contributed by atoms with Crippen LogP contribution in [0.3, 0.4) is 0 Å². The summed E-state index contributed by atoms with van der Waals surface area (Å²) in [6.07, 6.45) is 2.29. The second kappa shape index (κ2) is 4.19. The molecule has 0 bridgehead atoms. The fourth-order valence-corrected chi connectivity index (χ4v) is 2.17. The van der Waals surface area contributed by atoms with Gasteiger partial charge in [-0.15, -0.1) is 0 Å². The maximum Gasteiger partial charge on any atom is 0.146 e. The van der Waals surface area contributed by atoms with Crippen LogP contribution in [0.2, 0.25) is 0 Å². The molecule has 0 aliphatic carbocycles. The van der Waals surface area contributed by atoms with Crippen molar-refractivity contribution in [3.63, 3.8) is 0 Å². The Bertz CT molecular complexity index is 343. The van der Waals surface area contributed by atoms with Crippen LogP contribution in [-0.4, -0.2) is 13.1 Å². The largest absolute Gasteiger partial charge is 0.369 e. The minimum atomic E-state index is -0.147. The Morgan fingerprint density at radius 2 is 2.00 bits per heavy atom. The monoisotopic (exact) mass is 208 g/mol. The number of nitrogens with zero attached hydrogens (tertiary/aromatic N) is 1. The number of halogens is 1. The van der Waals surface area contributed by atoms with Gasteiger partial charge in [0.05, 0.1) is 5.69 Å². The van der Waals surface area contributed by atoms with Gasteiger partial charge in [-0.05, 0) is 31.4 Å². The maximum absolute atomic E-state index is 13.8. The second-order valence-corrected chi connectivity index (χ2v) is 4.16. The summed E-state index contributed by atoms with van der Waals surface area (Å²) in [4.78, 5) is 2.11. The van der Waals surface area contributed by atoms with Crippen LogP contribution >= 0.6 is 0 Å². The highest BCUT2D eigenvalue weighted by molar-refractivity contribution is 5.56. The van der Waals surface area contributed by atoms with Crippen LogP contribution in [0, 0.1) is 5.82 Å². The molecule has 0 unspecified atom stereocenters. The summed E-state index contributed by atoms with van der Waals surface area (Å²) in [6, 6.07) is 5.05. The Morgan fingerprint density at radius 1 is 1.33 bits per heavy atom. The van der Waals surface area contributed by atoms with Crippen LogP contribution in [-0.2, 0) is 0 Å². The first-order chi connectivity index (χ1) is 7.20. The van der Waals surface area contributed by atoms with Gasteiger partial charge in [-0.2, -0.15) is 0 Å². The van der Waals surface area contributed by atoms with Crippen LogP contribution in [0.4, 0.5) is 10.1 Å². The predicted molar refractivity (Wildman–Crippen MR) is 60.4 cm³/mol. The highest BCUT2D eigenvalue weighted by Crippen LogP contribution is 2.30. The van der Waals surface area contributed by atoms with E-state index in [4.69, 9.17) is 5.73 Å². The van der Waals surface area contributed by atoms with E-state index in [1.807, 2.05) is 13.0 Å². The van der Waals surface area contributed by atoms with E-state index < -0.39 is 0 Å². The van der Waals surface area contributed by atoms with E-state index in [2.05, 4.69) is 4.90 Å². The van der Waals surface area contributed by atoms with Gasteiger partial charge in [0.15, 0.2) is 0 Å². The van der Waals surface area contributed by atoms with Gasteiger partial charge in [0.1, 0.15) is 5.82 Å². The molecule has 2 rings (SSSR count). The molecule has 1 aromatic rings. The van der Waals surface area contributed by atoms with E-state index in [1.54, 1.807) is 6.07 Å². The zero-order valence-corrected chi connectivity index (χ0v) is 9.04. The second-order valence-electron chi connectivity index (χ2n) is 4.16. The smallest absolute Gasteiger partial charge is 0.146 e. The van der Waals surface area contributed by atoms with E-state index in [0.29, 0.717) is 5.69 Å². The van der Waals surface area contributed by atoms with Crippen molar-refractivity contribution in [3.05, 3.63) is 29.6 Å². The number of hydrogen-bond donors (Lipinski definition) is 1. The Labute approximate surface area is 89.9 Å². The number of rotatable bonds is 2. The molecule has 2 N–H and O–H groups in total. The van der Waals surface area contributed by atoms with Crippen molar-refractivity contribution < 1.29 is 4.39 Å². The molecule has 15 heavy (non-hydrogen) atoms. The van der Waals surface area contributed by atoms with Gasteiger partial charge in [0.25, 0.3) is 0 Å². The molecule has 1 saturated heterocycles. The minimum absolute atomic E-state index is 0.115. The molecular formula is C12H17FN2. The van der Waals surface area contributed by atoms with Crippen LogP contribution in [0.15, 0.2) is 18.2 Å². The molecule has 0 amide bonds. The SMILES string of the molecule is C[C@@H](N)c1cccc(F)c1N1CCCC1. The van der Waals surface area contributed by atoms with Gasteiger partial charge >= 0.3 is 0 Å². The van der Waals surface area contributed by atoms with E-state index in [1.165, 1.54) is 6.07 Å². The van der Waals surface area contributed by atoms with Gasteiger partial charge in [0.2, 0.25) is 0 Å². The zero-order chi connectivity index (χ0) is 10.8. The summed E-state index contributed by atoms with van der Waals surface area (Å²) in [6.45, 7) is 3.79. The Kier molecular flexibility index (Phi) is 2.91. The molecular weight excluding hydrogens is 191 g/mol. The molecule has 0 aromatic heterocycles. The van der Waals surface area contributed by atoms with Gasteiger partial charge in [0, 0.05) is 19.1 Å². The van der Waals surface area contributed by atoms with Crippen molar-refractivity contribution in [2.45, 2.75) is 25.8 Å². The van der Waals surface area contributed by atoms with Crippen molar-refractivity contribution in [3.8, 4) is 0 Å². The fourth-order valence-electron chi connectivity index (χ4n) is 2.17. The molecule has 1 aromatic carbocycles. The first-order valence-electron chi connectivity index (χ1n) is 5.49. The molecule has 3 heteroatoms. The van der Waals surface area contributed by atoms with E-state index in [-0.39, 0.29) is 11.9 Å². The molecule has 1 aliphatic heterocycles. The number of para-hydroxylation sites is 1. The molecule has 1 heterocycles. The molecule has 1 atom stereocenters. The van der Waals surface area contributed by atoms with Gasteiger partial charge < -0.3 is 10.6 Å². The van der Waals surface area contributed by atoms with Crippen molar-refractivity contribution in [1.82, 2.24) is 0 Å². The van der Waals surface area contributed by atoms with E-state index >= 15 is 0 Å². The van der Waals surface area contributed by atoms with Crippen molar-refractivity contribution >= 4 is 5.69 Å². The molecule has 0 radical (unpaired) electrons. The Morgan fingerprint density at radius 3 is 2.60 bits per heavy atom. The molecule has 0 spiro atoms. The normalized spacial score (nSPS) is 18.2. The van der Waals surface area contributed by atoms with Crippen molar-refractivity contribution in [2.24, 2.45) is 5.73 Å². The summed E-state index contributed by atoms with van der Waals surface area (Å²) in [7, 11) is 0. The highest BCUT2D eigenvalue weighted by atomic mass is 19.1. The average Bonchev–Trinajstić information content (AvgIpc) is 2.70. The number of benzene rings is 1. The van der Waals surface area contributed by atoms with Crippen LogP contribution in [0.25, 0.3) is 0 Å². The molecule has 1 fully saturated rings. The summed E-state index contributed by atoms with van der Waals surface area (Å²) in [5.41, 5.74) is 7.48. The molecule has 1 aliphatic rings. The fraction of sp³-hybridized carbons (Fsp3) is 0.500. The lowest BCUT2D eigenvalue weighted by Crippen LogP contribution is -2.22. The quantitative estimate of drug-likeness (QED) is 0.808. The molecule has 0 saturated carbocycles. The lowest BCUT2D eigenvalue weighted by molar-refractivity contribution is 0.617. The van der Waals surface area contributed by atoms with Crippen LogP contribution in [0.5, 0.6) is 0 Å². The minimum Gasteiger partial charge on any atom is -0.369 e. The van der Waals surface area contributed by atoms with Gasteiger partial charge in [-0.3, -0.25) is 0 Å². The zero-order valence-electron chi connectivity index (χ0n) is 9.04. The van der Waals surface area contributed by atoms with Crippen molar-refractivity contribution in [1.29, 1.82) is 0 Å². The summed E-state index contributed by atoms with van der Waals surface area (Å²) in [5.74, 6) is -0.147. The molecule has 2 nitrogen and oxygen atoms in total. The third-order valence-electron chi connectivity index (χ3n) is 2.93. The summed E-state index contributed by atoms with van der Waals surface area (Å²) >= 11 is 0. The lowest BCUT2D eigenvalue weighted by atomic mass is 10.1. The third kappa shape index (κ3) is 1.97. The van der Waals surface area contributed by atoms with Gasteiger partial charge in [-0.25, -0.2) is 4.39 Å². The standard InChI is InChI=1S/C12H17FN2/c1-9(14)10-5-4-6-11(13)12(10)15-7-2-3-8-15/h4-6,9H,2-3,7-8,14H2,1H3/t9-/m1/s1. The predicted octanol–water partition coefficient (Wildman–Crippen LogP) is 2.45. The Balaban J connectivity index is 2.41.